The van der Waals surface area contributed by atoms with Crippen molar-refractivity contribution in [2.75, 3.05) is 12.8 Å². The highest BCUT2D eigenvalue weighted by molar-refractivity contribution is 6.05. The van der Waals surface area contributed by atoms with Crippen molar-refractivity contribution in [2.45, 2.75) is 6.61 Å². The first-order chi connectivity index (χ1) is 16.1. The Balaban J connectivity index is 1.57. The molecule has 2 heterocycles. The zero-order valence-corrected chi connectivity index (χ0v) is 17.8. The van der Waals surface area contributed by atoms with Crippen molar-refractivity contribution < 1.29 is 18.3 Å². The van der Waals surface area contributed by atoms with Crippen LogP contribution in [0.2, 0.25) is 0 Å². The van der Waals surface area contributed by atoms with Crippen molar-refractivity contribution >= 4 is 16.9 Å². The van der Waals surface area contributed by atoms with Crippen LogP contribution in [-0.2, 0) is 6.61 Å². The molecule has 0 aliphatic rings. The number of anilines is 1. The SMILES string of the molecule is COc1ccc(-c2oc3ncnc(N)c3c2-c2ccc(OCc3ccccc3)c(F)c2)cc1. The Hall–Kier alpha value is -4.39. The number of furan rings is 1. The van der Waals surface area contributed by atoms with Gasteiger partial charge in [-0.3, -0.25) is 0 Å². The Morgan fingerprint density at radius 3 is 2.42 bits per heavy atom. The van der Waals surface area contributed by atoms with Gasteiger partial charge in [0.25, 0.3) is 0 Å². The molecule has 2 aromatic heterocycles. The summed E-state index contributed by atoms with van der Waals surface area (Å²) < 4.78 is 32.0. The minimum absolute atomic E-state index is 0.158. The summed E-state index contributed by atoms with van der Waals surface area (Å²) in [6.07, 6.45) is 1.34. The van der Waals surface area contributed by atoms with Crippen LogP contribution < -0.4 is 15.2 Å². The Morgan fingerprint density at radius 1 is 0.939 bits per heavy atom. The lowest BCUT2D eigenvalue weighted by Crippen LogP contribution is -1.97. The number of hydrogen-bond acceptors (Lipinski definition) is 6. The van der Waals surface area contributed by atoms with E-state index in [1.165, 1.54) is 12.4 Å². The van der Waals surface area contributed by atoms with Gasteiger partial charge in [0.15, 0.2) is 11.6 Å². The Kier molecular flexibility index (Phi) is 5.36. The second kappa shape index (κ2) is 8.63. The molecule has 0 unspecified atom stereocenters. The molecule has 33 heavy (non-hydrogen) atoms. The van der Waals surface area contributed by atoms with Crippen LogP contribution in [-0.4, -0.2) is 17.1 Å². The molecule has 7 heteroatoms. The number of fused-ring (bicyclic) bond motifs is 1. The van der Waals surface area contributed by atoms with E-state index in [0.29, 0.717) is 33.7 Å². The van der Waals surface area contributed by atoms with Crippen LogP contribution in [0.25, 0.3) is 33.6 Å². The van der Waals surface area contributed by atoms with Crippen molar-refractivity contribution in [2.24, 2.45) is 0 Å². The highest BCUT2D eigenvalue weighted by atomic mass is 19.1. The van der Waals surface area contributed by atoms with Crippen LogP contribution >= 0.6 is 0 Å². The molecule has 0 saturated carbocycles. The summed E-state index contributed by atoms with van der Waals surface area (Å²) in [5.74, 6) is 1.14. The van der Waals surface area contributed by atoms with E-state index < -0.39 is 5.82 Å². The van der Waals surface area contributed by atoms with Gasteiger partial charge in [0, 0.05) is 11.1 Å². The van der Waals surface area contributed by atoms with Crippen LogP contribution in [0.5, 0.6) is 11.5 Å². The molecule has 0 spiro atoms. The fraction of sp³-hybridized carbons (Fsp3) is 0.0769. The first kappa shape index (κ1) is 20.5. The van der Waals surface area contributed by atoms with Gasteiger partial charge in [0.2, 0.25) is 5.71 Å². The molecule has 2 N–H and O–H groups in total. The van der Waals surface area contributed by atoms with E-state index in [0.717, 1.165) is 11.1 Å². The molecule has 5 rings (SSSR count). The molecule has 0 aliphatic heterocycles. The minimum atomic E-state index is -0.492. The first-order valence-electron chi connectivity index (χ1n) is 10.3. The van der Waals surface area contributed by atoms with Gasteiger partial charge >= 0.3 is 0 Å². The number of hydrogen-bond donors (Lipinski definition) is 1. The number of nitrogen functional groups attached to an aromatic ring is 1. The molecule has 5 aromatic rings. The number of aromatic nitrogens is 2. The maximum Gasteiger partial charge on any atom is 0.232 e. The van der Waals surface area contributed by atoms with Crippen molar-refractivity contribution in [3.63, 3.8) is 0 Å². The van der Waals surface area contributed by atoms with Crippen molar-refractivity contribution in [1.82, 2.24) is 9.97 Å². The second-order valence-electron chi connectivity index (χ2n) is 7.39. The number of nitrogens with zero attached hydrogens (tertiary/aromatic N) is 2. The first-order valence-corrected chi connectivity index (χ1v) is 10.3. The monoisotopic (exact) mass is 441 g/mol. The number of methoxy groups -OCH3 is 1. The lowest BCUT2D eigenvalue weighted by molar-refractivity contribution is 0.290. The molecular formula is C26H20FN3O3. The number of rotatable bonds is 6. The van der Waals surface area contributed by atoms with Crippen LogP contribution in [0.3, 0.4) is 0 Å². The van der Waals surface area contributed by atoms with E-state index in [1.54, 1.807) is 19.2 Å². The van der Waals surface area contributed by atoms with E-state index in [-0.39, 0.29) is 18.2 Å². The molecule has 0 aliphatic carbocycles. The zero-order valence-electron chi connectivity index (χ0n) is 17.8. The van der Waals surface area contributed by atoms with Crippen LogP contribution in [0.15, 0.2) is 83.5 Å². The highest BCUT2D eigenvalue weighted by Gasteiger charge is 2.22. The van der Waals surface area contributed by atoms with Crippen LogP contribution in [0.4, 0.5) is 10.2 Å². The van der Waals surface area contributed by atoms with Gasteiger partial charge in [0.1, 0.15) is 30.3 Å². The predicted octanol–water partition coefficient (Wildman–Crippen LogP) is 5.87. The lowest BCUT2D eigenvalue weighted by atomic mass is 9.99. The number of nitrogens with two attached hydrogens (primary N) is 1. The maximum atomic E-state index is 15.0. The Morgan fingerprint density at radius 2 is 1.70 bits per heavy atom. The predicted molar refractivity (Wildman–Crippen MR) is 124 cm³/mol. The van der Waals surface area contributed by atoms with E-state index in [4.69, 9.17) is 19.6 Å². The quantitative estimate of drug-likeness (QED) is 0.355. The molecule has 0 fully saturated rings. The topological polar surface area (TPSA) is 83.4 Å². The van der Waals surface area contributed by atoms with Crippen LogP contribution in [0.1, 0.15) is 5.56 Å². The Bertz CT molecular complexity index is 1420. The average molecular weight is 441 g/mol. The van der Waals surface area contributed by atoms with Crippen molar-refractivity contribution in [3.05, 3.63) is 90.5 Å². The van der Waals surface area contributed by atoms with Gasteiger partial charge in [-0.2, -0.15) is 0 Å². The van der Waals surface area contributed by atoms with Gasteiger partial charge in [0.05, 0.1) is 12.5 Å². The summed E-state index contributed by atoms with van der Waals surface area (Å²) >= 11 is 0. The molecule has 0 saturated heterocycles. The molecular weight excluding hydrogens is 421 g/mol. The number of halogens is 1. The maximum absolute atomic E-state index is 15.0. The van der Waals surface area contributed by atoms with E-state index in [1.807, 2.05) is 54.6 Å². The molecule has 6 nitrogen and oxygen atoms in total. The summed E-state index contributed by atoms with van der Waals surface area (Å²) in [7, 11) is 1.60. The molecule has 164 valence electrons. The van der Waals surface area contributed by atoms with Gasteiger partial charge < -0.3 is 19.6 Å². The second-order valence-corrected chi connectivity index (χ2v) is 7.39. The average Bonchev–Trinajstić information content (AvgIpc) is 3.25. The van der Waals surface area contributed by atoms with Gasteiger partial charge in [-0.25, -0.2) is 14.4 Å². The highest BCUT2D eigenvalue weighted by Crippen LogP contribution is 2.43. The van der Waals surface area contributed by atoms with Crippen molar-refractivity contribution in [1.29, 1.82) is 0 Å². The lowest BCUT2D eigenvalue weighted by Gasteiger charge is -2.10. The third kappa shape index (κ3) is 3.96. The van der Waals surface area contributed by atoms with Gasteiger partial charge in [-0.1, -0.05) is 36.4 Å². The third-order valence-electron chi connectivity index (χ3n) is 5.33. The zero-order chi connectivity index (χ0) is 22.8. The summed E-state index contributed by atoms with van der Waals surface area (Å²) in [5.41, 5.74) is 9.40. The smallest absolute Gasteiger partial charge is 0.232 e. The summed E-state index contributed by atoms with van der Waals surface area (Å²) in [6, 6.07) is 21.7. The van der Waals surface area contributed by atoms with E-state index >= 15 is 4.39 Å². The molecule has 0 amide bonds. The summed E-state index contributed by atoms with van der Waals surface area (Å²) in [5, 5.41) is 0.528. The summed E-state index contributed by atoms with van der Waals surface area (Å²) in [4.78, 5) is 8.31. The Labute approximate surface area is 189 Å². The summed E-state index contributed by atoms with van der Waals surface area (Å²) in [6.45, 7) is 0.267. The largest absolute Gasteiger partial charge is 0.497 e. The number of benzene rings is 3. The number of ether oxygens (including phenoxy) is 2. The normalized spacial score (nSPS) is 11.0. The van der Waals surface area contributed by atoms with E-state index in [9.17, 15) is 0 Å². The van der Waals surface area contributed by atoms with Crippen molar-refractivity contribution in [3.8, 4) is 33.9 Å². The molecule has 0 atom stereocenters. The molecule has 0 radical (unpaired) electrons. The fourth-order valence-electron chi connectivity index (χ4n) is 3.69. The van der Waals surface area contributed by atoms with Gasteiger partial charge in [-0.15, -0.1) is 0 Å². The molecule has 0 bridgehead atoms. The van der Waals surface area contributed by atoms with Gasteiger partial charge in [-0.05, 0) is 47.5 Å². The van der Waals surface area contributed by atoms with Crippen LogP contribution in [0, 0.1) is 5.82 Å². The standard InChI is InChI=1S/C26H20FN3O3/c1-31-19-10-7-17(8-11-19)24-22(23-25(28)29-15-30-26(23)33-24)18-9-12-21(20(27)13-18)32-14-16-5-3-2-4-6-16/h2-13,15H,14H2,1H3,(H2,28,29,30). The third-order valence-corrected chi connectivity index (χ3v) is 5.33. The fourth-order valence-corrected chi connectivity index (χ4v) is 3.69. The molecule has 3 aromatic carbocycles. The van der Waals surface area contributed by atoms with E-state index in [2.05, 4.69) is 9.97 Å². The minimum Gasteiger partial charge on any atom is -0.497 e.